The number of carbonyl (C=O) groups excluding carboxylic acids is 1. The van der Waals surface area contributed by atoms with Gasteiger partial charge < -0.3 is 9.67 Å². The van der Waals surface area contributed by atoms with E-state index in [0.29, 0.717) is 12.2 Å². The number of anilines is 1. The number of amides is 1. The van der Waals surface area contributed by atoms with Crippen LogP contribution in [0.5, 0.6) is 0 Å². The van der Waals surface area contributed by atoms with Crippen molar-refractivity contribution in [3.05, 3.63) is 24.0 Å². The molecule has 23 heavy (non-hydrogen) atoms. The van der Waals surface area contributed by atoms with E-state index < -0.39 is 29.9 Å². The Bertz CT molecular complexity index is 695. The molecule has 2 heterocycles. The lowest BCUT2D eigenvalue weighted by Crippen LogP contribution is -2.46. The maximum absolute atomic E-state index is 13.3. The van der Waals surface area contributed by atoms with Crippen LogP contribution in [0.25, 0.3) is 0 Å². The van der Waals surface area contributed by atoms with Crippen LogP contribution in [-0.2, 0) is 23.9 Å². The summed E-state index contributed by atoms with van der Waals surface area (Å²) in [6, 6.07) is 0. The molecule has 2 aromatic rings. The van der Waals surface area contributed by atoms with Crippen LogP contribution in [0.3, 0.4) is 0 Å². The summed E-state index contributed by atoms with van der Waals surface area (Å²) in [5.74, 6) is -1.45. The number of hydrogen-bond donors (Lipinski definition) is 3. The Morgan fingerprint density at radius 3 is 2.65 bits per heavy atom. The van der Waals surface area contributed by atoms with Crippen LogP contribution in [0.4, 0.5) is 19.1 Å². The fraction of sp³-hybridized carbons (Fsp3) is 0.500. The van der Waals surface area contributed by atoms with Crippen molar-refractivity contribution >= 4 is 11.9 Å². The Morgan fingerprint density at radius 2 is 2.17 bits per heavy atom. The smallest absolute Gasteiger partial charge is 0.374 e. The monoisotopic (exact) mass is 332 g/mol. The van der Waals surface area contributed by atoms with Crippen LogP contribution in [0.1, 0.15) is 25.0 Å². The lowest BCUT2D eigenvalue weighted by molar-refractivity contribution is -0.270. The van der Waals surface area contributed by atoms with E-state index in [1.165, 1.54) is 13.2 Å². The van der Waals surface area contributed by atoms with Gasteiger partial charge in [0.15, 0.2) is 5.82 Å². The van der Waals surface area contributed by atoms with E-state index in [2.05, 4.69) is 25.5 Å². The number of carbonyl (C=O) groups is 1. The van der Waals surface area contributed by atoms with Crippen LogP contribution in [0, 0.1) is 0 Å². The van der Waals surface area contributed by atoms with Gasteiger partial charge in [-0.1, -0.05) is 6.92 Å². The third-order valence-corrected chi connectivity index (χ3v) is 3.19. The molecule has 3 N–H and O–H groups in total. The molecule has 0 saturated heterocycles. The molecular weight excluding hydrogens is 317 g/mol. The van der Waals surface area contributed by atoms with Crippen molar-refractivity contribution in [3.63, 3.8) is 0 Å². The van der Waals surface area contributed by atoms with Crippen LogP contribution in [-0.4, -0.2) is 41.9 Å². The topological polar surface area (TPSA) is 109 Å². The number of aliphatic hydroxyl groups is 1. The third-order valence-electron chi connectivity index (χ3n) is 3.19. The molecule has 0 aliphatic carbocycles. The Kier molecular flexibility index (Phi) is 4.41. The van der Waals surface area contributed by atoms with Gasteiger partial charge in [0, 0.05) is 25.9 Å². The molecule has 1 atom stereocenters. The fourth-order valence-electron chi connectivity index (χ4n) is 1.98. The van der Waals surface area contributed by atoms with Gasteiger partial charge in [-0.3, -0.25) is 15.2 Å². The highest BCUT2D eigenvalue weighted by Gasteiger charge is 2.58. The lowest BCUT2D eigenvalue weighted by Gasteiger charge is -2.29. The molecule has 0 saturated carbocycles. The Hall–Kier alpha value is -2.43. The number of rotatable bonds is 5. The summed E-state index contributed by atoms with van der Waals surface area (Å²) < 4.78 is 40.9. The molecule has 0 aliphatic heterocycles. The number of H-pyrrole nitrogens is 1. The third kappa shape index (κ3) is 3.33. The molecule has 2 rings (SSSR count). The van der Waals surface area contributed by atoms with Crippen molar-refractivity contribution in [2.75, 3.05) is 5.32 Å². The normalized spacial score (nSPS) is 14.5. The Morgan fingerprint density at radius 1 is 1.48 bits per heavy atom. The zero-order valence-corrected chi connectivity index (χ0v) is 12.3. The number of hydrogen-bond acceptors (Lipinski definition) is 5. The first-order valence-corrected chi connectivity index (χ1v) is 6.65. The van der Waals surface area contributed by atoms with Gasteiger partial charge in [-0.2, -0.15) is 18.2 Å². The van der Waals surface area contributed by atoms with E-state index in [1.54, 1.807) is 6.92 Å². The van der Waals surface area contributed by atoms with Gasteiger partial charge in [0.2, 0.25) is 17.5 Å². The predicted octanol–water partition coefficient (Wildman–Crippen LogP) is 0.879. The average molecular weight is 332 g/mol. The lowest BCUT2D eigenvalue weighted by atomic mass is 9.97. The number of imidazole rings is 1. The maximum Gasteiger partial charge on any atom is 0.425 e. The van der Waals surface area contributed by atoms with Gasteiger partial charge in [0.05, 0.1) is 6.42 Å². The van der Waals surface area contributed by atoms with Crippen LogP contribution >= 0.6 is 0 Å². The first kappa shape index (κ1) is 16.9. The molecule has 11 heteroatoms. The summed E-state index contributed by atoms with van der Waals surface area (Å²) in [6.07, 6.45) is -3.49. The second-order valence-electron chi connectivity index (χ2n) is 4.90. The number of halogens is 3. The maximum atomic E-state index is 13.3. The molecule has 0 aliphatic rings. The molecule has 126 valence electrons. The van der Waals surface area contributed by atoms with Crippen molar-refractivity contribution in [2.45, 2.75) is 31.5 Å². The molecule has 0 spiro atoms. The van der Waals surface area contributed by atoms with Crippen molar-refractivity contribution in [2.24, 2.45) is 7.05 Å². The molecule has 2 aromatic heterocycles. The minimum absolute atomic E-state index is 0.156. The van der Waals surface area contributed by atoms with Gasteiger partial charge in [-0.05, 0) is 0 Å². The number of nitrogens with zero attached hydrogens (tertiary/aromatic N) is 4. The molecule has 8 nitrogen and oxygen atoms in total. The predicted molar refractivity (Wildman–Crippen MR) is 72.2 cm³/mol. The summed E-state index contributed by atoms with van der Waals surface area (Å²) in [6.45, 7) is 1.79. The van der Waals surface area contributed by atoms with Gasteiger partial charge in [0.1, 0.15) is 5.82 Å². The average Bonchev–Trinajstić information content (AvgIpc) is 3.06. The number of aryl methyl sites for hydroxylation is 2. The minimum atomic E-state index is -5.09. The summed E-state index contributed by atoms with van der Waals surface area (Å²) >= 11 is 0. The molecule has 0 bridgehead atoms. The first-order valence-electron chi connectivity index (χ1n) is 6.65. The molecule has 1 unspecified atom stereocenters. The van der Waals surface area contributed by atoms with Crippen LogP contribution in [0.2, 0.25) is 0 Å². The summed E-state index contributed by atoms with van der Waals surface area (Å²) in [7, 11) is 1.29. The van der Waals surface area contributed by atoms with Gasteiger partial charge >= 0.3 is 6.18 Å². The van der Waals surface area contributed by atoms with Gasteiger partial charge in [-0.15, -0.1) is 5.10 Å². The molecule has 0 radical (unpaired) electrons. The second kappa shape index (κ2) is 5.99. The SMILES string of the molecule is CCc1nc(NC(=O)CC(O)(c2nccn2C)C(F)(F)F)n[nH]1. The summed E-state index contributed by atoms with van der Waals surface area (Å²) in [4.78, 5) is 19.2. The number of aromatic nitrogens is 5. The fourth-order valence-corrected chi connectivity index (χ4v) is 1.98. The van der Waals surface area contributed by atoms with Crippen LogP contribution < -0.4 is 5.32 Å². The highest BCUT2D eigenvalue weighted by atomic mass is 19.4. The van der Waals surface area contributed by atoms with E-state index in [-0.39, 0.29) is 5.95 Å². The van der Waals surface area contributed by atoms with Crippen LogP contribution in [0.15, 0.2) is 12.4 Å². The molecule has 0 fully saturated rings. The molecule has 0 aromatic carbocycles. The number of alkyl halides is 3. The van der Waals surface area contributed by atoms with Gasteiger partial charge in [0.25, 0.3) is 0 Å². The summed E-state index contributed by atoms with van der Waals surface area (Å²) in [5.41, 5.74) is -3.42. The second-order valence-corrected chi connectivity index (χ2v) is 4.90. The standard InChI is InChI=1S/C12H15F3N6O2/c1-3-7-17-10(20-19-7)18-8(22)6-11(23,12(13,14)15)9-16-4-5-21(9)2/h4-5,23H,3,6H2,1-2H3,(H2,17,18,19,20,22). The number of aromatic amines is 1. The first-order chi connectivity index (χ1) is 10.7. The van der Waals surface area contributed by atoms with E-state index >= 15 is 0 Å². The van der Waals surface area contributed by atoms with E-state index in [9.17, 15) is 23.1 Å². The van der Waals surface area contributed by atoms with Crippen molar-refractivity contribution in [3.8, 4) is 0 Å². The van der Waals surface area contributed by atoms with Gasteiger partial charge in [-0.25, -0.2) is 4.98 Å². The van der Waals surface area contributed by atoms with Crippen molar-refractivity contribution in [1.29, 1.82) is 0 Å². The minimum Gasteiger partial charge on any atom is -0.374 e. The van der Waals surface area contributed by atoms with E-state index in [1.807, 2.05) is 0 Å². The molecule has 1 amide bonds. The highest BCUT2D eigenvalue weighted by Crippen LogP contribution is 2.40. The van der Waals surface area contributed by atoms with Crippen molar-refractivity contribution < 1.29 is 23.1 Å². The summed E-state index contributed by atoms with van der Waals surface area (Å²) in [5, 5.41) is 18.3. The Balaban J connectivity index is 2.21. The van der Waals surface area contributed by atoms with Crippen molar-refractivity contribution in [1.82, 2.24) is 24.7 Å². The number of nitrogens with one attached hydrogen (secondary N) is 2. The quantitative estimate of drug-likeness (QED) is 0.753. The highest BCUT2D eigenvalue weighted by molar-refractivity contribution is 5.89. The Labute approximate surface area is 128 Å². The molecular formula is C12H15F3N6O2. The largest absolute Gasteiger partial charge is 0.425 e. The van der Waals surface area contributed by atoms with E-state index in [4.69, 9.17) is 0 Å². The van der Waals surface area contributed by atoms with E-state index in [0.717, 1.165) is 10.8 Å². The zero-order valence-electron chi connectivity index (χ0n) is 12.3. The zero-order chi connectivity index (χ0) is 17.3.